The Kier molecular flexibility index (Phi) is 7.32. The van der Waals surface area contributed by atoms with Crippen LogP contribution >= 0.6 is 19.4 Å². The first kappa shape index (κ1) is 24.0. The zero-order chi connectivity index (χ0) is 24.2. The van der Waals surface area contributed by atoms with E-state index in [9.17, 15) is 14.3 Å². The van der Waals surface area contributed by atoms with Gasteiger partial charge in [0.25, 0.3) is 5.91 Å². The topological polar surface area (TPSA) is 92.4 Å². The van der Waals surface area contributed by atoms with E-state index in [2.05, 4.69) is 19.2 Å². The van der Waals surface area contributed by atoms with Crippen LogP contribution in [-0.2, 0) is 11.0 Å². The van der Waals surface area contributed by atoms with Crippen LogP contribution in [0.25, 0.3) is 10.4 Å². The zero-order valence-corrected chi connectivity index (χ0v) is 20.9. The number of hydrogen-bond donors (Lipinski definition) is 3. The fourth-order valence-corrected chi connectivity index (χ4v) is 5.43. The highest BCUT2D eigenvalue weighted by Crippen LogP contribution is 2.31. The van der Waals surface area contributed by atoms with Crippen molar-refractivity contribution < 1.29 is 14.3 Å². The van der Waals surface area contributed by atoms with Crippen LogP contribution in [0.15, 0.2) is 78.2 Å². The van der Waals surface area contributed by atoms with Crippen molar-refractivity contribution >= 4 is 42.0 Å². The van der Waals surface area contributed by atoms with E-state index in [-0.39, 0.29) is 11.8 Å². The molecule has 7 heteroatoms. The molecule has 1 aromatic heterocycles. The number of anilines is 2. The summed E-state index contributed by atoms with van der Waals surface area (Å²) in [4.78, 5) is 23.8. The summed E-state index contributed by atoms with van der Waals surface area (Å²) < 4.78 is 12.0. The van der Waals surface area contributed by atoms with Crippen LogP contribution in [-0.4, -0.2) is 10.8 Å². The molecular weight excluding hydrogens is 463 g/mol. The molecule has 0 bridgehead atoms. The molecule has 4 rings (SSSR count). The number of carbonyl (C=O) groups excluding carboxylic acids is 1. The number of nitrogens with two attached hydrogens (primary N) is 1. The lowest BCUT2D eigenvalue weighted by Gasteiger charge is -2.16. The van der Waals surface area contributed by atoms with Crippen LogP contribution in [0.2, 0.25) is 0 Å². The lowest BCUT2D eigenvalue weighted by atomic mass is 9.92. The Morgan fingerprint density at radius 1 is 1.06 bits per heavy atom. The van der Waals surface area contributed by atoms with Crippen molar-refractivity contribution in [1.29, 1.82) is 0 Å². The third-order valence-electron chi connectivity index (χ3n) is 5.77. The maximum atomic E-state index is 12.9. The summed E-state index contributed by atoms with van der Waals surface area (Å²) in [5.41, 5.74) is 11.6. The SMILES string of the molecule is CC(C)c1cccc([PH](=O)O)c1Cc1ccc(C(=O)Nc2cc(-c3cccs3)ccc2N)cc1. The Morgan fingerprint density at radius 2 is 1.82 bits per heavy atom. The molecular formula is C27H27N2O3PS. The van der Waals surface area contributed by atoms with Crippen molar-refractivity contribution in [3.05, 3.63) is 100 Å². The van der Waals surface area contributed by atoms with E-state index in [1.165, 1.54) is 0 Å². The highest BCUT2D eigenvalue weighted by molar-refractivity contribution is 7.47. The molecule has 0 spiro atoms. The summed E-state index contributed by atoms with van der Waals surface area (Å²) in [7, 11) is -2.82. The molecule has 0 aliphatic carbocycles. The lowest BCUT2D eigenvalue weighted by Crippen LogP contribution is -2.14. The van der Waals surface area contributed by atoms with E-state index in [0.717, 1.165) is 27.1 Å². The summed E-state index contributed by atoms with van der Waals surface area (Å²) in [6, 6.07) is 22.5. The number of carbonyl (C=O) groups is 1. The number of amides is 1. The van der Waals surface area contributed by atoms with Gasteiger partial charge in [-0.05, 0) is 76.4 Å². The minimum absolute atomic E-state index is 0.233. The predicted octanol–water partition coefficient (Wildman–Crippen LogP) is 6.06. The predicted molar refractivity (Wildman–Crippen MR) is 143 cm³/mol. The highest BCUT2D eigenvalue weighted by Gasteiger charge is 2.15. The molecule has 3 aromatic carbocycles. The summed E-state index contributed by atoms with van der Waals surface area (Å²) >= 11 is 1.63. The van der Waals surface area contributed by atoms with Gasteiger partial charge in [-0.1, -0.05) is 50.2 Å². The molecule has 0 radical (unpaired) electrons. The molecule has 0 aliphatic heterocycles. The standard InChI is InChI=1S/C27H27N2O3PS/c1-17(2)21-5-3-6-25(33(31)32)22(21)15-18-8-10-19(11-9-18)27(30)29-24-16-20(12-13-23(24)28)26-7-4-14-34-26/h3-14,16-17,33H,15,28H2,1-2H3,(H,29,30)(H,31,32). The Balaban J connectivity index is 1.54. The maximum absolute atomic E-state index is 12.9. The fourth-order valence-electron chi connectivity index (χ4n) is 3.98. The van der Waals surface area contributed by atoms with Crippen molar-refractivity contribution in [3.8, 4) is 10.4 Å². The third-order valence-corrected chi connectivity index (χ3v) is 7.62. The molecule has 1 atom stereocenters. The second-order valence-corrected chi connectivity index (χ2v) is 10.5. The first-order chi connectivity index (χ1) is 16.3. The fraction of sp³-hybridized carbons (Fsp3) is 0.148. The van der Waals surface area contributed by atoms with Crippen molar-refractivity contribution in [2.45, 2.75) is 26.2 Å². The van der Waals surface area contributed by atoms with E-state index >= 15 is 0 Å². The van der Waals surface area contributed by atoms with E-state index in [4.69, 9.17) is 5.73 Å². The van der Waals surface area contributed by atoms with Gasteiger partial charge in [0.1, 0.15) is 0 Å². The molecule has 1 amide bonds. The number of benzene rings is 3. The molecule has 0 aliphatic rings. The smallest absolute Gasteiger partial charge is 0.255 e. The number of rotatable bonds is 7. The van der Waals surface area contributed by atoms with Gasteiger partial charge in [-0.2, -0.15) is 0 Å². The van der Waals surface area contributed by atoms with Gasteiger partial charge in [0, 0.05) is 15.7 Å². The van der Waals surface area contributed by atoms with E-state index in [1.807, 2.05) is 53.9 Å². The van der Waals surface area contributed by atoms with E-state index in [0.29, 0.717) is 28.7 Å². The van der Waals surface area contributed by atoms with Crippen molar-refractivity contribution in [2.24, 2.45) is 0 Å². The second-order valence-electron chi connectivity index (χ2n) is 8.44. The molecule has 174 valence electrons. The molecule has 4 aromatic rings. The van der Waals surface area contributed by atoms with E-state index in [1.54, 1.807) is 35.6 Å². The zero-order valence-electron chi connectivity index (χ0n) is 19.0. The van der Waals surface area contributed by atoms with Gasteiger partial charge in [-0.3, -0.25) is 9.36 Å². The Labute approximate surface area is 204 Å². The van der Waals surface area contributed by atoms with Crippen LogP contribution in [0, 0.1) is 0 Å². The molecule has 1 heterocycles. The quantitative estimate of drug-likeness (QED) is 0.217. The van der Waals surface area contributed by atoms with Crippen LogP contribution in [0.1, 0.15) is 46.8 Å². The first-order valence-electron chi connectivity index (χ1n) is 11.0. The average Bonchev–Trinajstić information content (AvgIpc) is 3.36. The normalized spacial score (nSPS) is 12.0. The Bertz CT molecular complexity index is 1330. The van der Waals surface area contributed by atoms with Gasteiger partial charge < -0.3 is 15.9 Å². The van der Waals surface area contributed by atoms with Crippen molar-refractivity contribution in [2.75, 3.05) is 11.1 Å². The van der Waals surface area contributed by atoms with Gasteiger partial charge in [0.2, 0.25) is 8.03 Å². The number of nitrogen functional groups attached to an aromatic ring is 1. The Hall–Kier alpha value is -3.18. The minimum atomic E-state index is -2.82. The largest absolute Gasteiger partial charge is 0.397 e. The third kappa shape index (κ3) is 5.31. The molecule has 4 N–H and O–H groups in total. The lowest BCUT2D eigenvalue weighted by molar-refractivity contribution is 0.102. The summed E-state index contributed by atoms with van der Waals surface area (Å²) in [5, 5.41) is 5.42. The average molecular weight is 491 g/mol. The molecule has 0 fully saturated rings. The summed E-state index contributed by atoms with van der Waals surface area (Å²) in [6.07, 6.45) is 0.526. The molecule has 0 saturated carbocycles. The van der Waals surface area contributed by atoms with Gasteiger partial charge in [-0.25, -0.2) is 0 Å². The highest BCUT2D eigenvalue weighted by atomic mass is 32.1. The van der Waals surface area contributed by atoms with Crippen LogP contribution in [0.5, 0.6) is 0 Å². The monoisotopic (exact) mass is 490 g/mol. The van der Waals surface area contributed by atoms with Crippen LogP contribution in [0.3, 0.4) is 0 Å². The summed E-state index contributed by atoms with van der Waals surface area (Å²) in [6.45, 7) is 4.15. The molecule has 0 saturated heterocycles. The molecule has 1 unspecified atom stereocenters. The maximum Gasteiger partial charge on any atom is 0.255 e. The van der Waals surface area contributed by atoms with Crippen LogP contribution < -0.4 is 16.4 Å². The van der Waals surface area contributed by atoms with Crippen molar-refractivity contribution in [3.63, 3.8) is 0 Å². The van der Waals surface area contributed by atoms with Gasteiger partial charge in [0.05, 0.1) is 11.4 Å². The molecule has 5 nitrogen and oxygen atoms in total. The van der Waals surface area contributed by atoms with Crippen LogP contribution in [0.4, 0.5) is 11.4 Å². The van der Waals surface area contributed by atoms with E-state index < -0.39 is 8.03 Å². The Morgan fingerprint density at radius 3 is 2.47 bits per heavy atom. The van der Waals surface area contributed by atoms with Gasteiger partial charge in [0.15, 0.2) is 0 Å². The second kappa shape index (κ2) is 10.4. The number of hydrogen-bond acceptors (Lipinski definition) is 4. The van der Waals surface area contributed by atoms with Crippen molar-refractivity contribution in [1.82, 2.24) is 0 Å². The van der Waals surface area contributed by atoms with Gasteiger partial charge in [-0.15, -0.1) is 11.3 Å². The number of thiophene rings is 1. The molecule has 34 heavy (non-hydrogen) atoms. The number of nitrogens with one attached hydrogen (secondary N) is 1. The van der Waals surface area contributed by atoms with Gasteiger partial charge >= 0.3 is 0 Å². The minimum Gasteiger partial charge on any atom is -0.397 e. The summed E-state index contributed by atoms with van der Waals surface area (Å²) in [5.74, 6) is -0.0120. The first-order valence-corrected chi connectivity index (χ1v) is 13.3.